The number of hydrogen-bond acceptors (Lipinski definition) is 2. The normalized spacial score (nSPS) is 15.2. The second-order valence-electron chi connectivity index (χ2n) is 4.00. The van der Waals surface area contributed by atoms with Crippen molar-refractivity contribution in [1.29, 1.82) is 5.41 Å². The van der Waals surface area contributed by atoms with Gasteiger partial charge in [-0.25, -0.2) is 4.98 Å². The predicted octanol–water partition coefficient (Wildman–Crippen LogP) is 1.85. The highest BCUT2D eigenvalue weighted by molar-refractivity contribution is 5.76. The van der Waals surface area contributed by atoms with E-state index in [9.17, 15) is 0 Å². The summed E-state index contributed by atoms with van der Waals surface area (Å²) in [5, 5.41) is 9.10. The lowest BCUT2D eigenvalue weighted by atomic mass is 10.1. The lowest BCUT2D eigenvalue weighted by Gasteiger charge is -2.18. The molecule has 0 bridgehead atoms. The third-order valence-electron chi connectivity index (χ3n) is 3.02. The molecule has 3 heteroatoms. The number of para-hydroxylation sites is 1. The molecule has 2 aromatic rings. The molecule has 0 saturated heterocycles. The van der Waals surface area contributed by atoms with Gasteiger partial charge >= 0.3 is 0 Å². The van der Waals surface area contributed by atoms with Crippen molar-refractivity contribution in [1.82, 2.24) is 9.55 Å². The molecule has 1 aliphatic rings. The maximum atomic E-state index is 8.14. The molecule has 15 heavy (non-hydrogen) atoms. The van der Waals surface area contributed by atoms with Crippen LogP contribution in [0.1, 0.15) is 18.7 Å². The molecule has 1 aromatic carbocycles. The zero-order chi connectivity index (χ0) is 10.3. The van der Waals surface area contributed by atoms with Crippen LogP contribution in [0.4, 0.5) is 0 Å². The summed E-state index contributed by atoms with van der Waals surface area (Å²) in [6.45, 7) is 0.950. The number of hydrogen-bond donors (Lipinski definition) is 1. The predicted molar refractivity (Wildman–Crippen MR) is 58.5 cm³/mol. The molecule has 76 valence electrons. The first kappa shape index (κ1) is 8.65. The van der Waals surface area contributed by atoms with Crippen molar-refractivity contribution in [2.24, 2.45) is 0 Å². The molecule has 0 atom stereocenters. The summed E-state index contributed by atoms with van der Waals surface area (Å²) in [7, 11) is 0. The molecular weight excluding hydrogens is 186 g/mol. The molecule has 3 rings (SSSR count). The Kier molecular flexibility index (Phi) is 1.84. The monoisotopic (exact) mass is 199 g/mol. The fraction of sp³-hybridized carbons (Fsp3) is 0.333. The van der Waals surface area contributed by atoms with Crippen LogP contribution in [0.2, 0.25) is 0 Å². The highest BCUT2D eigenvalue weighted by Gasteiger charge is 2.11. The van der Waals surface area contributed by atoms with Gasteiger partial charge in [0.2, 0.25) is 0 Å². The van der Waals surface area contributed by atoms with E-state index in [-0.39, 0.29) is 0 Å². The largest absolute Gasteiger partial charge is 0.314 e. The van der Waals surface area contributed by atoms with E-state index >= 15 is 0 Å². The topological polar surface area (TPSA) is 41.7 Å². The molecule has 1 N–H and O–H groups in total. The average Bonchev–Trinajstić information content (AvgIpc) is 2.30. The lowest BCUT2D eigenvalue weighted by molar-refractivity contribution is 0.493. The molecule has 3 nitrogen and oxygen atoms in total. The highest BCUT2D eigenvalue weighted by atomic mass is 15.1. The van der Waals surface area contributed by atoms with Crippen molar-refractivity contribution in [2.45, 2.75) is 25.8 Å². The van der Waals surface area contributed by atoms with Crippen LogP contribution >= 0.6 is 0 Å². The van der Waals surface area contributed by atoms with E-state index < -0.39 is 0 Å². The van der Waals surface area contributed by atoms with Gasteiger partial charge in [-0.3, -0.25) is 5.41 Å². The van der Waals surface area contributed by atoms with Crippen molar-refractivity contribution < 1.29 is 0 Å². The van der Waals surface area contributed by atoms with Gasteiger partial charge in [-0.1, -0.05) is 12.1 Å². The van der Waals surface area contributed by atoms with E-state index in [2.05, 4.69) is 4.98 Å². The summed E-state index contributed by atoms with van der Waals surface area (Å²) in [4.78, 5) is 4.62. The van der Waals surface area contributed by atoms with Gasteiger partial charge in [-0.05, 0) is 25.0 Å². The molecule has 2 heterocycles. The molecule has 1 aromatic heterocycles. The van der Waals surface area contributed by atoms with Crippen molar-refractivity contribution in [2.75, 3.05) is 0 Å². The van der Waals surface area contributed by atoms with E-state index in [1.807, 2.05) is 28.8 Å². The van der Waals surface area contributed by atoms with Gasteiger partial charge in [0.25, 0.3) is 0 Å². The molecule has 0 fully saturated rings. The SMILES string of the molecule is N=c1c2ccccc2nc2n1CCCC2. The van der Waals surface area contributed by atoms with Gasteiger partial charge in [0, 0.05) is 18.4 Å². The Labute approximate surface area is 87.9 Å². The van der Waals surface area contributed by atoms with Crippen LogP contribution in [0.25, 0.3) is 10.9 Å². The molecule has 1 aliphatic heterocycles. The summed E-state index contributed by atoms with van der Waals surface area (Å²) in [6, 6.07) is 7.92. The van der Waals surface area contributed by atoms with E-state index in [0.29, 0.717) is 5.49 Å². The Hall–Kier alpha value is -1.64. The highest BCUT2D eigenvalue weighted by Crippen LogP contribution is 2.13. The third kappa shape index (κ3) is 1.27. The second kappa shape index (κ2) is 3.19. The Morgan fingerprint density at radius 3 is 3.00 bits per heavy atom. The molecule has 0 aliphatic carbocycles. The fourth-order valence-corrected chi connectivity index (χ4v) is 2.23. The van der Waals surface area contributed by atoms with Gasteiger partial charge in [0.05, 0.1) is 5.52 Å². The summed E-state index contributed by atoms with van der Waals surface area (Å²) < 4.78 is 2.05. The van der Waals surface area contributed by atoms with Crippen LogP contribution in [0.3, 0.4) is 0 Å². The van der Waals surface area contributed by atoms with Crippen molar-refractivity contribution in [3.63, 3.8) is 0 Å². The Morgan fingerprint density at radius 1 is 1.20 bits per heavy atom. The number of nitrogens with one attached hydrogen (secondary N) is 1. The molecule has 0 amide bonds. The summed E-state index contributed by atoms with van der Waals surface area (Å²) in [5.74, 6) is 1.07. The Balaban J connectivity index is 2.41. The lowest BCUT2D eigenvalue weighted by Crippen LogP contribution is -2.28. The second-order valence-corrected chi connectivity index (χ2v) is 4.00. The maximum absolute atomic E-state index is 8.14. The summed E-state index contributed by atoms with van der Waals surface area (Å²) in [5.41, 5.74) is 1.57. The summed E-state index contributed by atoms with van der Waals surface area (Å²) >= 11 is 0. The first-order valence-electron chi connectivity index (χ1n) is 5.39. The molecule has 0 saturated carbocycles. The molecular formula is C12H13N3. The van der Waals surface area contributed by atoms with Crippen molar-refractivity contribution in [3.8, 4) is 0 Å². The number of aryl methyl sites for hydroxylation is 1. The zero-order valence-corrected chi connectivity index (χ0v) is 8.53. The minimum Gasteiger partial charge on any atom is -0.314 e. The van der Waals surface area contributed by atoms with Crippen LogP contribution in [-0.2, 0) is 13.0 Å². The van der Waals surface area contributed by atoms with E-state index in [4.69, 9.17) is 5.41 Å². The molecule has 0 radical (unpaired) electrons. The van der Waals surface area contributed by atoms with Crippen LogP contribution in [0.15, 0.2) is 24.3 Å². The van der Waals surface area contributed by atoms with E-state index in [1.54, 1.807) is 0 Å². The third-order valence-corrected chi connectivity index (χ3v) is 3.02. The van der Waals surface area contributed by atoms with Crippen LogP contribution in [0, 0.1) is 5.41 Å². The van der Waals surface area contributed by atoms with Crippen molar-refractivity contribution >= 4 is 10.9 Å². The van der Waals surface area contributed by atoms with Gasteiger partial charge in [-0.15, -0.1) is 0 Å². The first-order valence-corrected chi connectivity index (χ1v) is 5.39. The van der Waals surface area contributed by atoms with Gasteiger partial charge in [0.1, 0.15) is 11.3 Å². The minimum absolute atomic E-state index is 0.621. The van der Waals surface area contributed by atoms with Crippen molar-refractivity contribution in [3.05, 3.63) is 35.6 Å². The number of nitrogens with zero attached hydrogens (tertiary/aromatic N) is 2. The van der Waals surface area contributed by atoms with Gasteiger partial charge in [-0.2, -0.15) is 0 Å². The minimum atomic E-state index is 0.621. The fourth-order valence-electron chi connectivity index (χ4n) is 2.23. The van der Waals surface area contributed by atoms with Gasteiger partial charge < -0.3 is 4.57 Å². The van der Waals surface area contributed by atoms with Gasteiger partial charge in [0.15, 0.2) is 0 Å². The van der Waals surface area contributed by atoms with E-state index in [0.717, 1.165) is 29.7 Å². The zero-order valence-electron chi connectivity index (χ0n) is 8.53. The molecule has 0 spiro atoms. The first-order chi connectivity index (χ1) is 7.36. The molecule has 0 unspecified atom stereocenters. The van der Waals surface area contributed by atoms with Crippen LogP contribution in [0.5, 0.6) is 0 Å². The number of fused-ring (bicyclic) bond motifs is 2. The van der Waals surface area contributed by atoms with Crippen LogP contribution < -0.4 is 5.49 Å². The Bertz CT molecular complexity index is 569. The standard InChI is InChI=1S/C12H13N3/c13-12-9-5-1-2-6-10(9)14-11-7-3-4-8-15(11)12/h1-2,5-6,13H,3-4,7-8H2. The number of benzene rings is 1. The average molecular weight is 199 g/mol. The summed E-state index contributed by atoms with van der Waals surface area (Å²) in [6.07, 6.45) is 3.38. The van der Waals surface area contributed by atoms with Crippen LogP contribution in [-0.4, -0.2) is 9.55 Å². The quantitative estimate of drug-likeness (QED) is 0.691. The van der Waals surface area contributed by atoms with E-state index in [1.165, 1.54) is 12.8 Å². The maximum Gasteiger partial charge on any atom is 0.135 e. The Morgan fingerprint density at radius 2 is 2.07 bits per heavy atom. The number of rotatable bonds is 0. The smallest absolute Gasteiger partial charge is 0.135 e. The number of aromatic nitrogens is 2.